The number of hydrogen-bond acceptors (Lipinski definition) is 3. The van der Waals surface area contributed by atoms with Gasteiger partial charge in [-0.3, -0.25) is 9.78 Å². The summed E-state index contributed by atoms with van der Waals surface area (Å²) in [4.78, 5) is 16.7. The second-order valence-corrected chi connectivity index (χ2v) is 6.94. The summed E-state index contributed by atoms with van der Waals surface area (Å²) in [5, 5.41) is 12.8. The van der Waals surface area contributed by atoms with Crippen molar-refractivity contribution in [3.8, 4) is 0 Å². The van der Waals surface area contributed by atoms with E-state index in [1.807, 2.05) is 50.2 Å². The number of nitrogens with one attached hydrogen (secondary N) is 1. The highest BCUT2D eigenvalue weighted by Crippen LogP contribution is 2.16. The maximum Gasteiger partial charge on any atom is 0.251 e. The Hall–Kier alpha value is -2.20. The zero-order chi connectivity index (χ0) is 17.7. The Morgan fingerprint density at radius 1 is 1.29 bits per heavy atom. The molecular formula is C20H26N2O2. The molecule has 1 amide bonds. The zero-order valence-corrected chi connectivity index (χ0v) is 14.8. The van der Waals surface area contributed by atoms with E-state index in [9.17, 15) is 9.90 Å². The number of carbonyl (C=O) groups is 1. The van der Waals surface area contributed by atoms with E-state index in [0.29, 0.717) is 12.0 Å². The van der Waals surface area contributed by atoms with Crippen LogP contribution < -0.4 is 5.32 Å². The SMILES string of the molecule is Cc1ccc(C(C)NC(=O)c2cccc(CCC(C)(C)O)c2)cn1. The molecule has 0 bridgehead atoms. The first-order valence-corrected chi connectivity index (χ1v) is 8.29. The maximum absolute atomic E-state index is 12.5. The van der Waals surface area contributed by atoms with Crippen LogP contribution in [-0.2, 0) is 6.42 Å². The van der Waals surface area contributed by atoms with E-state index in [-0.39, 0.29) is 11.9 Å². The van der Waals surface area contributed by atoms with Crippen LogP contribution in [0.25, 0.3) is 0 Å². The number of aromatic nitrogens is 1. The molecule has 1 unspecified atom stereocenters. The molecule has 0 radical (unpaired) electrons. The van der Waals surface area contributed by atoms with Gasteiger partial charge in [-0.05, 0) is 69.9 Å². The summed E-state index contributed by atoms with van der Waals surface area (Å²) in [5.41, 5.74) is 2.92. The van der Waals surface area contributed by atoms with E-state index in [1.54, 1.807) is 20.0 Å². The van der Waals surface area contributed by atoms with E-state index in [0.717, 1.165) is 23.2 Å². The van der Waals surface area contributed by atoms with E-state index in [1.165, 1.54) is 0 Å². The average molecular weight is 326 g/mol. The maximum atomic E-state index is 12.5. The average Bonchev–Trinajstić information content (AvgIpc) is 2.53. The lowest BCUT2D eigenvalue weighted by Crippen LogP contribution is -2.26. The predicted molar refractivity (Wildman–Crippen MR) is 95.9 cm³/mol. The van der Waals surface area contributed by atoms with Gasteiger partial charge in [-0.2, -0.15) is 0 Å². The molecule has 24 heavy (non-hydrogen) atoms. The first-order chi connectivity index (χ1) is 11.2. The van der Waals surface area contributed by atoms with Gasteiger partial charge in [-0.15, -0.1) is 0 Å². The van der Waals surface area contributed by atoms with Crippen molar-refractivity contribution in [2.45, 2.75) is 52.2 Å². The summed E-state index contributed by atoms with van der Waals surface area (Å²) in [6, 6.07) is 11.4. The molecule has 1 heterocycles. The molecule has 0 spiro atoms. The lowest BCUT2D eigenvalue weighted by atomic mass is 9.98. The van der Waals surface area contributed by atoms with Gasteiger partial charge in [-0.1, -0.05) is 18.2 Å². The van der Waals surface area contributed by atoms with Crippen LogP contribution in [0.2, 0.25) is 0 Å². The smallest absolute Gasteiger partial charge is 0.251 e. The number of benzene rings is 1. The van der Waals surface area contributed by atoms with Crippen LogP contribution in [0.5, 0.6) is 0 Å². The molecule has 0 aliphatic rings. The molecule has 2 aromatic rings. The highest BCUT2D eigenvalue weighted by Gasteiger charge is 2.14. The van der Waals surface area contributed by atoms with Gasteiger partial charge in [0.15, 0.2) is 0 Å². The Balaban J connectivity index is 2.02. The molecular weight excluding hydrogens is 300 g/mol. The molecule has 2 N–H and O–H groups in total. The number of nitrogens with zero attached hydrogens (tertiary/aromatic N) is 1. The molecule has 128 valence electrons. The summed E-state index contributed by atoms with van der Waals surface area (Å²) in [5.74, 6) is -0.104. The molecule has 4 nitrogen and oxygen atoms in total. The van der Waals surface area contributed by atoms with Crippen molar-refractivity contribution >= 4 is 5.91 Å². The van der Waals surface area contributed by atoms with Crippen LogP contribution in [0.15, 0.2) is 42.6 Å². The quantitative estimate of drug-likeness (QED) is 0.853. The number of carbonyl (C=O) groups excluding carboxylic acids is 1. The van der Waals surface area contributed by atoms with Crippen molar-refractivity contribution in [2.75, 3.05) is 0 Å². The second kappa shape index (κ2) is 7.58. The fourth-order valence-corrected chi connectivity index (χ4v) is 2.42. The summed E-state index contributed by atoms with van der Waals surface area (Å²) < 4.78 is 0. The second-order valence-electron chi connectivity index (χ2n) is 6.94. The molecule has 0 aliphatic heterocycles. The summed E-state index contributed by atoms with van der Waals surface area (Å²) in [7, 11) is 0. The third-order valence-electron chi connectivity index (χ3n) is 4.00. The molecule has 4 heteroatoms. The number of aryl methyl sites for hydroxylation is 2. The van der Waals surface area contributed by atoms with Crippen molar-refractivity contribution in [2.24, 2.45) is 0 Å². The Morgan fingerprint density at radius 3 is 2.67 bits per heavy atom. The van der Waals surface area contributed by atoms with E-state index in [2.05, 4.69) is 10.3 Å². The number of hydrogen-bond donors (Lipinski definition) is 2. The minimum absolute atomic E-state index is 0.104. The van der Waals surface area contributed by atoms with E-state index in [4.69, 9.17) is 0 Å². The molecule has 0 aliphatic carbocycles. The lowest BCUT2D eigenvalue weighted by molar-refractivity contribution is 0.0714. The minimum atomic E-state index is -0.703. The molecule has 2 rings (SSSR count). The Morgan fingerprint density at radius 2 is 2.04 bits per heavy atom. The van der Waals surface area contributed by atoms with Gasteiger partial charge in [0.2, 0.25) is 0 Å². The number of amides is 1. The van der Waals surface area contributed by atoms with Crippen LogP contribution in [-0.4, -0.2) is 21.6 Å². The van der Waals surface area contributed by atoms with E-state index < -0.39 is 5.60 Å². The van der Waals surface area contributed by atoms with Crippen molar-refractivity contribution in [1.29, 1.82) is 0 Å². The molecule has 0 fully saturated rings. The van der Waals surface area contributed by atoms with Crippen LogP contribution in [0, 0.1) is 6.92 Å². The Labute approximate surface area is 143 Å². The third kappa shape index (κ3) is 5.46. The van der Waals surface area contributed by atoms with Gasteiger partial charge in [0.25, 0.3) is 5.91 Å². The molecule has 1 aromatic heterocycles. The highest BCUT2D eigenvalue weighted by atomic mass is 16.3. The van der Waals surface area contributed by atoms with Crippen LogP contribution in [0.3, 0.4) is 0 Å². The van der Waals surface area contributed by atoms with Crippen molar-refractivity contribution in [3.05, 3.63) is 65.0 Å². The first kappa shape index (κ1) is 18.1. The summed E-state index contributed by atoms with van der Waals surface area (Å²) in [6.45, 7) is 7.47. The molecule has 1 atom stereocenters. The molecule has 0 saturated heterocycles. The number of pyridine rings is 1. The van der Waals surface area contributed by atoms with Gasteiger partial charge in [0.1, 0.15) is 0 Å². The fourth-order valence-electron chi connectivity index (χ4n) is 2.42. The first-order valence-electron chi connectivity index (χ1n) is 8.29. The number of aliphatic hydroxyl groups is 1. The summed E-state index contributed by atoms with van der Waals surface area (Å²) in [6.07, 6.45) is 3.19. The van der Waals surface area contributed by atoms with Crippen LogP contribution in [0.4, 0.5) is 0 Å². The van der Waals surface area contributed by atoms with Crippen molar-refractivity contribution < 1.29 is 9.90 Å². The van der Waals surface area contributed by atoms with Gasteiger partial charge in [0, 0.05) is 17.5 Å². The minimum Gasteiger partial charge on any atom is -0.390 e. The molecule has 0 saturated carbocycles. The monoisotopic (exact) mass is 326 g/mol. The highest BCUT2D eigenvalue weighted by molar-refractivity contribution is 5.94. The van der Waals surface area contributed by atoms with Crippen LogP contribution in [0.1, 0.15) is 60.4 Å². The van der Waals surface area contributed by atoms with Gasteiger partial charge in [-0.25, -0.2) is 0 Å². The van der Waals surface area contributed by atoms with Crippen LogP contribution >= 0.6 is 0 Å². The predicted octanol–water partition coefficient (Wildman–Crippen LogP) is 3.58. The Kier molecular flexibility index (Phi) is 5.73. The van der Waals surface area contributed by atoms with Crippen molar-refractivity contribution in [3.63, 3.8) is 0 Å². The van der Waals surface area contributed by atoms with Crippen molar-refractivity contribution in [1.82, 2.24) is 10.3 Å². The largest absolute Gasteiger partial charge is 0.390 e. The normalized spacial score (nSPS) is 12.7. The Bertz CT molecular complexity index is 688. The topological polar surface area (TPSA) is 62.2 Å². The standard InChI is InChI=1S/C20H26N2O2/c1-14-8-9-18(13-21-14)15(2)22-19(23)17-7-5-6-16(12-17)10-11-20(3,4)24/h5-9,12-13,15,24H,10-11H2,1-4H3,(H,22,23). The zero-order valence-electron chi connectivity index (χ0n) is 14.8. The fraction of sp³-hybridized carbons (Fsp3) is 0.400. The van der Waals surface area contributed by atoms with Gasteiger partial charge < -0.3 is 10.4 Å². The third-order valence-corrected chi connectivity index (χ3v) is 4.00. The molecule has 1 aromatic carbocycles. The number of rotatable bonds is 6. The summed E-state index contributed by atoms with van der Waals surface area (Å²) >= 11 is 0. The van der Waals surface area contributed by atoms with E-state index >= 15 is 0 Å². The lowest BCUT2D eigenvalue weighted by Gasteiger charge is -2.17. The van der Waals surface area contributed by atoms with Gasteiger partial charge in [0.05, 0.1) is 11.6 Å². The van der Waals surface area contributed by atoms with Gasteiger partial charge >= 0.3 is 0 Å².